The molecular formula is C19H16ClFN4O2. The molecule has 0 saturated heterocycles. The number of primary amides is 1. The lowest BCUT2D eigenvalue weighted by molar-refractivity contribution is -0.115. The van der Waals surface area contributed by atoms with Gasteiger partial charge in [-0.25, -0.2) is 4.98 Å². The lowest BCUT2D eigenvalue weighted by Gasteiger charge is -2.10. The van der Waals surface area contributed by atoms with E-state index in [0.717, 1.165) is 11.1 Å². The average Bonchev–Trinajstić information content (AvgIpc) is 2.88. The van der Waals surface area contributed by atoms with E-state index in [4.69, 9.17) is 16.1 Å². The molecule has 138 valence electrons. The molecule has 0 unspecified atom stereocenters. The number of carbonyl (C=O) groups excluding carboxylic acids is 1. The van der Waals surface area contributed by atoms with Gasteiger partial charge in [-0.05, 0) is 25.1 Å². The molecule has 0 spiro atoms. The fourth-order valence-electron chi connectivity index (χ4n) is 2.81. The van der Waals surface area contributed by atoms with Crippen LogP contribution in [0.5, 0.6) is 0 Å². The lowest BCUT2D eigenvalue weighted by Crippen LogP contribution is -2.09. The zero-order valence-corrected chi connectivity index (χ0v) is 15.4. The van der Waals surface area contributed by atoms with Crippen molar-refractivity contribution in [1.29, 1.82) is 0 Å². The van der Waals surface area contributed by atoms with Crippen LogP contribution in [0.1, 0.15) is 29.5 Å². The summed E-state index contributed by atoms with van der Waals surface area (Å²) in [6, 6.07) is 8.90. The molecule has 0 fully saturated rings. The molecule has 0 bridgehead atoms. The Kier molecular flexibility index (Phi) is 5.32. The summed E-state index contributed by atoms with van der Waals surface area (Å²) in [4.78, 5) is 17.6. The number of aliphatic imine (C=N–C) groups is 1. The van der Waals surface area contributed by atoms with Gasteiger partial charge in [0.1, 0.15) is 6.54 Å². The molecule has 2 N–H and O–H groups in total. The van der Waals surface area contributed by atoms with Crippen LogP contribution >= 0.6 is 11.6 Å². The van der Waals surface area contributed by atoms with E-state index in [1.165, 1.54) is 13.1 Å². The number of hydrogen-bond acceptors (Lipinski definition) is 5. The minimum Gasteiger partial charge on any atom is -0.370 e. The van der Waals surface area contributed by atoms with E-state index in [9.17, 15) is 9.18 Å². The molecule has 1 amide bonds. The number of nitrogens with two attached hydrogens (primary N) is 1. The second-order valence-electron chi connectivity index (χ2n) is 5.87. The number of nitrogens with zero attached hydrogens (tertiary/aromatic N) is 3. The zero-order chi connectivity index (χ0) is 19.6. The Morgan fingerprint density at radius 2 is 1.89 bits per heavy atom. The first-order valence-electron chi connectivity index (χ1n) is 8.05. The van der Waals surface area contributed by atoms with Crippen molar-refractivity contribution in [2.75, 3.05) is 0 Å². The van der Waals surface area contributed by atoms with Crippen molar-refractivity contribution in [2.45, 2.75) is 20.4 Å². The van der Waals surface area contributed by atoms with Gasteiger partial charge in [-0.2, -0.15) is 4.39 Å². The van der Waals surface area contributed by atoms with E-state index < -0.39 is 5.95 Å². The van der Waals surface area contributed by atoms with E-state index in [1.54, 1.807) is 18.2 Å². The minimum atomic E-state index is -0.565. The van der Waals surface area contributed by atoms with E-state index in [0.29, 0.717) is 39.9 Å². The largest absolute Gasteiger partial charge is 0.370 e. The molecule has 6 nitrogen and oxygen atoms in total. The Hall–Kier alpha value is -3.06. The van der Waals surface area contributed by atoms with Crippen LogP contribution in [-0.4, -0.2) is 21.8 Å². The van der Waals surface area contributed by atoms with Crippen LogP contribution in [0.2, 0.25) is 5.02 Å². The lowest BCUT2D eigenvalue weighted by atomic mass is 9.95. The number of aryl methyl sites for hydroxylation is 1. The third-order valence-electron chi connectivity index (χ3n) is 3.84. The summed E-state index contributed by atoms with van der Waals surface area (Å²) >= 11 is 5.94. The fourth-order valence-corrected chi connectivity index (χ4v) is 2.94. The maximum absolute atomic E-state index is 14.5. The van der Waals surface area contributed by atoms with Crippen molar-refractivity contribution in [3.63, 3.8) is 0 Å². The monoisotopic (exact) mass is 386 g/mol. The highest BCUT2D eigenvalue weighted by Gasteiger charge is 2.26. The van der Waals surface area contributed by atoms with Gasteiger partial charge in [0.15, 0.2) is 5.76 Å². The Labute approximate surface area is 159 Å². The molecule has 1 aromatic carbocycles. The normalized spacial score (nSPS) is 12.1. The maximum atomic E-state index is 14.5. The summed E-state index contributed by atoms with van der Waals surface area (Å²) in [6.45, 7) is 3.43. The SMILES string of the molecule is CC(N)=O.Cc1noc2c1-c1ccnc(F)c1C(c1ccc(Cl)cc1)=NC2. The zero-order valence-electron chi connectivity index (χ0n) is 14.7. The smallest absolute Gasteiger partial charge is 0.222 e. The molecule has 1 aliphatic heterocycles. The van der Waals surface area contributed by atoms with Gasteiger partial charge in [-0.1, -0.05) is 28.9 Å². The molecule has 27 heavy (non-hydrogen) atoms. The van der Waals surface area contributed by atoms with Crippen LogP contribution in [0, 0.1) is 12.9 Å². The Morgan fingerprint density at radius 1 is 1.22 bits per heavy atom. The molecule has 0 aliphatic carbocycles. The van der Waals surface area contributed by atoms with E-state index in [-0.39, 0.29) is 5.91 Å². The summed E-state index contributed by atoms with van der Waals surface area (Å²) in [5.41, 5.74) is 8.33. The second-order valence-corrected chi connectivity index (χ2v) is 6.31. The standard InChI is InChI=1S/C17H11ClFN3O.C2H5NO/c1-9-14-12-6-7-20-17(19)15(12)16(21-8-13(14)23-22-9)10-2-4-11(18)5-3-10;1-2(3)4/h2-7H,8H2,1H3;1H3,(H2,3,4). The van der Waals surface area contributed by atoms with E-state index in [1.807, 2.05) is 19.1 Å². The molecule has 3 heterocycles. The molecular weight excluding hydrogens is 371 g/mol. The predicted molar refractivity (Wildman–Crippen MR) is 100 cm³/mol. The van der Waals surface area contributed by atoms with Crippen LogP contribution in [0.15, 0.2) is 46.0 Å². The van der Waals surface area contributed by atoms with Gasteiger partial charge in [-0.3, -0.25) is 9.79 Å². The first kappa shape index (κ1) is 18.7. The molecule has 0 atom stereocenters. The number of halogens is 2. The van der Waals surface area contributed by atoms with Gasteiger partial charge in [0, 0.05) is 29.3 Å². The van der Waals surface area contributed by atoms with Gasteiger partial charge < -0.3 is 10.3 Å². The van der Waals surface area contributed by atoms with Gasteiger partial charge in [0.2, 0.25) is 11.9 Å². The van der Waals surface area contributed by atoms with Gasteiger partial charge in [0.25, 0.3) is 0 Å². The number of aromatic nitrogens is 2. The summed E-state index contributed by atoms with van der Waals surface area (Å²) in [5.74, 6) is -0.275. The number of carbonyl (C=O) groups is 1. The molecule has 8 heteroatoms. The van der Waals surface area contributed by atoms with Crippen LogP contribution < -0.4 is 5.73 Å². The highest BCUT2D eigenvalue weighted by Crippen LogP contribution is 2.35. The fraction of sp³-hybridized carbons (Fsp3) is 0.158. The van der Waals surface area contributed by atoms with Crippen molar-refractivity contribution >= 4 is 23.2 Å². The first-order valence-corrected chi connectivity index (χ1v) is 8.43. The number of amides is 1. The summed E-state index contributed by atoms with van der Waals surface area (Å²) in [5, 5.41) is 4.59. The molecule has 2 aromatic heterocycles. The van der Waals surface area contributed by atoms with Crippen LogP contribution in [0.25, 0.3) is 11.1 Å². The molecule has 1 aliphatic rings. The maximum Gasteiger partial charge on any atom is 0.222 e. The van der Waals surface area contributed by atoms with Crippen molar-refractivity contribution in [2.24, 2.45) is 10.7 Å². The van der Waals surface area contributed by atoms with E-state index >= 15 is 0 Å². The van der Waals surface area contributed by atoms with Gasteiger partial charge in [-0.15, -0.1) is 0 Å². The highest BCUT2D eigenvalue weighted by molar-refractivity contribution is 6.30. The summed E-state index contributed by atoms with van der Waals surface area (Å²) in [6.07, 6.45) is 1.44. The quantitative estimate of drug-likeness (QED) is 0.645. The van der Waals surface area contributed by atoms with Crippen LogP contribution in [0.4, 0.5) is 4.39 Å². The summed E-state index contributed by atoms with van der Waals surface area (Å²) < 4.78 is 19.9. The predicted octanol–water partition coefficient (Wildman–Crippen LogP) is 3.68. The Morgan fingerprint density at radius 3 is 2.56 bits per heavy atom. The van der Waals surface area contributed by atoms with Gasteiger partial charge in [0.05, 0.1) is 22.5 Å². The Bertz CT molecular complexity index is 1020. The first-order chi connectivity index (χ1) is 12.9. The van der Waals surface area contributed by atoms with E-state index in [2.05, 4.69) is 20.9 Å². The molecule has 4 rings (SSSR count). The second kappa shape index (κ2) is 7.67. The number of benzene rings is 1. The van der Waals surface area contributed by atoms with Crippen molar-refractivity contribution < 1.29 is 13.7 Å². The number of fused-ring (bicyclic) bond motifs is 3. The average molecular weight is 387 g/mol. The third-order valence-corrected chi connectivity index (χ3v) is 4.09. The number of pyridine rings is 1. The third kappa shape index (κ3) is 3.88. The van der Waals surface area contributed by atoms with Crippen LogP contribution in [0.3, 0.4) is 0 Å². The molecule has 0 saturated carbocycles. The number of rotatable bonds is 1. The number of hydrogen-bond donors (Lipinski definition) is 1. The Balaban J connectivity index is 0.000000481. The minimum absolute atomic E-state index is 0.294. The summed E-state index contributed by atoms with van der Waals surface area (Å²) in [7, 11) is 0. The van der Waals surface area contributed by atoms with Crippen LogP contribution in [-0.2, 0) is 11.3 Å². The van der Waals surface area contributed by atoms with Gasteiger partial charge >= 0.3 is 0 Å². The highest BCUT2D eigenvalue weighted by atomic mass is 35.5. The molecule has 0 radical (unpaired) electrons. The van der Waals surface area contributed by atoms with Crippen molar-refractivity contribution in [3.8, 4) is 11.1 Å². The topological polar surface area (TPSA) is 94.4 Å². The van der Waals surface area contributed by atoms with Crippen molar-refractivity contribution in [3.05, 3.63) is 70.1 Å². The molecule has 3 aromatic rings. The van der Waals surface area contributed by atoms with Crippen molar-refractivity contribution in [1.82, 2.24) is 10.1 Å².